The lowest BCUT2D eigenvalue weighted by Gasteiger charge is -2.36. The summed E-state index contributed by atoms with van der Waals surface area (Å²) in [5.41, 5.74) is 1.59. The van der Waals surface area contributed by atoms with Crippen molar-refractivity contribution in [1.29, 1.82) is 0 Å². The van der Waals surface area contributed by atoms with Crippen LogP contribution >= 0.6 is 0 Å². The average Bonchev–Trinajstić information content (AvgIpc) is 3.03. The van der Waals surface area contributed by atoms with E-state index in [1.165, 1.54) is 5.56 Å². The van der Waals surface area contributed by atoms with Gasteiger partial charge in [0.05, 0.1) is 24.4 Å². The second kappa shape index (κ2) is 7.70. The average molecular weight is 342 g/mol. The number of urea groups is 1. The zero-order valence-electron chi connectivity index (χ0n) is 14.6. The summed E-state index contributed by atoms with van der Waals surface area (Å²) >= 11 is 0. The summed E-state index contributed by atoms with van der Waals surface area (Å²) < 4.78 is 1.87. The van der Waals surface area contributed by atoms with Gasteiger partial charge in [-0.15, -0.1) is 0 Å². The predicted molar refractivity (Wildman–Crippen MR) is 96.1 cm³/mol. The summed E-state index contributed by atoms with van der Waals surface area (Å²) in [6.45, 7) is 3.13. The van der Waals surface area contributed by atoms with E-state index >= 15 is 0 Å². The van der Waals surface area contributed by atoms with Crippen LogP contribution in [-0.4, -0.2) is 33.1 Å². The van der Waals surface area contributed by atoms with Crippen molar-refractivity contribution in [3.63, 3.8) is 0 Å². The molecule has 1 atom stereocenters. The summed E-state index contributed by atoms with van der Waals surface area (Å²) in [6.07, 6.45) is 7.11. The van der Waals surface area contributed by atoms with Crippen LogP contribution in [0.25, 0.3) is 0 Å². The van der Waals surface area contributed by atoms with Crippen LogP contribution in [0.15, 0.2) is 42.7 Å². The van der Waals surface area contributed by atoms with Gasteiger partial charge in [-0.2, -0.15) is 5.10 Å². The second-order valence-electron chi connectivity index (χ2n) is 6.91. The van der Waals surface area contributed by atoms with E-state index < -0.39 is 5.60 Å². The minimum Gasteiger partial charge on any atom is -0.390 e. The molecule has 0 saturated heterocycles. The summed E-state index contributed by atoms with van der Waals surface area (Å²) in [4.78, 5) is 12.0. The normalized spacial score (nSPS) is 16.7. The third kappa shape index (κ3) is 4.82. The highest BCUT2D eigenvalue weighted by molar-refractivity contribution is 5.74. The fourth-order valence-corrected chi connectivity index (χ4v) is 3.03. The Morgan fingerprint density at radius 3 is 2.80 bits per heavy atom. The van der Waals surface area contributed by atoms with Gasteiger partial charge in [-0.25, -0.2) is 4.79 Å². The van der Waals surface area contributed by atoms with Gasteiger partial charge in [-0.1, -0.05) is 30.3 Å². The Kier molecular flexibility index (Phi) is 5.38. The first-order valence-corrected chi connectivity index (χ1v) is 8.87. The first kappa shape index (κ1) is 17.5. The molecule has 3 N–H and O–H groups in total. The molecule has 2 aromatic rings. The number of nitrogens with one attached hydrogen (secondary N) is 2. The maximum Gasteiger partial charge on any atom is 0.315 e. The van der Waals surface area contributed by atoms with Crippen LogP contribution in [0.4, 0.5) is 4.79 Å². The fourth-order valence-electron chi connectivity index (χ4n) is 3.03. The molecule has 0 spiro atoms. The summed E-state index contributed by atoms with van der Waals surface area (Å²) in [6, 6.07) is 9.79. The maximum absolute atomic E-state index is 12.0. The summed E-state index contributed by atoms with van der Waals surface area (Å²) in [5, 5.41) is 20.1. The van der Waals surface area contributed by atoms with E-state index in [9.17, 15) is 9.90 Å². The van der Waals surface area contributed by atoms with E-state index in [0.717, 1.165) is 24.8 Å². The number of carbonyl (C=O) groups excluding carboxylic acids is 1. The number of amides is 2. The highest BCUT2D eigenvalue weighted by Crippen LogP contribution is 2.33. The summed E-state index contributed by atoms with van der Waals surface area (Å²) in [5.74, 6) is 0. The number of aromatic nitrogens is 2. The monoisotopic (exact) mass is 342 g/mol. The third-order valence-electron chi connectivity index (χ3n) is 4.85. The number of benzene rings is 1. The first-order valence-electron chi connectivity index (χ1n) is 8.87. The number of hydrogen-bond acceptors (Lipinski definition) is 3. The molecule has 0 bridgehead atoms. The molecule has 6 nitrogen and oxygen atoms in total. The number of nitrogens with zero attached hydrogens (tertiary/aromatic N) is 2. The van der Waals surface area contributed by atoms with Crippen molar-refractivity contribution >= 4 is 6.03 Å². The van der Waals surface area contributed by atoms with Crippen LogP contribution < -0.4 is 10.6 Å². The third-order valence-corrected chi connectivity index (χ3v) is 4.85. The largest absolute Gasteiger partial charge is 0.390 e. The molecule has 1 aromatic heterocycles. The van der Waals surface area contributed by atoms with Gasteiger partial charge in [-0.3, -0.25) is 4.68 Å². The van der Waals surface area contributed by atoms with Crippen LogP contribution in [0, 0.1) is 0 Å². The van der Waals surface area contributed by atoms with Gasteiger partial charge in [0.15, 0.2) is 0 Å². The molecule has 25 heavy (non-hydrogen) atoms. The van der Waals surface area contributed by atoms with Crippen molar-refractivity contribution in [2.45, 2.75) is 50.8 Å². The lowest BCUT2D eigenvalue weighted by atomic mass is 9.78. The lowest BCUT2D eigenvalue weighted by molar-refractivity contribution is -0.0389. The maximum atomic E-state index is 12.0. The van der Waals surface area contributed by atoms with E-state index in [1.807, 2.05) is 36.0 Å². The molecule has 1 aromatic carbocycles. The van der Waals surface area contributed by atoms with Crippen molar-refractivity contribution in [1.82, 2.24) is 20.4 Å². The van der Waals surface area contributed by atoms with Crippen molar-refractivity contribution < 1.29 is 9.90 Å². The van der Waals surface area contributed by atoms with Gasteiger partial charge in [0.1, 0.15) is 0 Å². The Morgan fingerprint density at radius 2 is 2.12 bits per heavy atom. The van der Waals surface area contributed by atoms with Crippen molar-refractivity contribution in [3.8, 4) is 0 Å². The van der Waals surface area contributed by atoms with Gasteiger partial charge in [0.25, 0.3) is 0 Å². The van der Waals surface area contributed by atoms with Crippen LogP contribution in [0.1, 0.15) is 49.8 Å². The minimum absolute atomic E-state index is 0.128. The zero-order chi connectivity index (χ0) is 17.7. The topological polar surface area (TPSA) is 79.2 Å². The Balaban J connectivity index is 1.44. The predicted octanol–water partition coefficient (Wildman–Crippen LogP) is 2.60. The van der Waals surface area contributed by atoms with Crippen molar-refractivity contribution in [2.24, 2.45) is 0 Å². The van der Waals surface area contributed by atoms with Crippen molar-refractivity contribution in [2.75, 3.05) is 6.54 Å². The van der Waals surface area contributed by atoms with Crippen LogP contribution in [0.3, 0.4) is 0 Å². The Morgan fingerprint density at radius 1 is 1.36 bits per heavy atom. The molecule has 2 amide bonds. The number of rotatable bonds is 7. The molecule has 0 radical (unpaired) electrons. The van der Waals surface area contributed by atoms with E-state index in [0.29, 0.717) is 19.5 Å². The van der Waals surface area contributed by atoms with Gasteiger partial charge in [-0.05, 0) is 38.2 Å². The molecule has 6 heteroatoms. The van der Waals surface area contributed by atoms with Crippen LogP contribution in [-0.2, 0) is 6.54 Å². The highest BCUT2D eigenvalue weighted by atomic mass is 16.3. The molecule has 3 rings (SSSR count). The number of aliphatic hydroxyl groups is 1. The van der Waals surface area contributed by atoms with Gasteiger partial charge in [0, 0.05) is 18.3 Å². The number of hydrogen-bond donors (Lipinski definition) is 3. The molecular formula is C19H26N4O2. The van der Waals surface area contributed by atoms with E-state index in [2.05, 4.69) is 27.9 Å². The first-order chi connectivity index (χ1) is 12.0. The van der Waals surface area contributed by atoms with Gasteiger partial charge in [0.2, 0.25) is 0 Å². The molecule has 134 valence electrons. The smallest absolute Gasteiger partial charge is 0.315 e. The molecule has 1 aliphatic rings. The molecule has 1 saturated carbocycles. The Hall–Kier alpha value is -2.34. The molecule has 1 fully saturated rings. The molecular weight excluding hydrogens is 316 g/mol. The standard InChI is InChI=1S/C19H26N4O2/c1-15(22-18(24)20-11-10-19(25)8-5-9-19)17-12-21-23(14-17)13-16-6-3-2-4-7-16/h2-4,6-7,12,14-15,25H,5,8-11,13H2,1H3,(H2,20,22,24). The van der Waals surface area contributed by atoms with E-state index in [-0.39, 0.29) is 12.1 Å². The van der Waals surface area contributed by atoms with Gasteiger partial charge < -0.3 is 15.7 Å². The van der Waals surface area contributed by atoms with Crippen molar-refractivity contribution in [3.05, 3.63) is 53.9 Å². The SMILES string of the molecule is CC(NC(=O)NCCC1(O)CCC1)c1cnn(Cc2ccccc2)c1. The molecule has 0 aliphatic heterocycles. The lowest BCUT2D eigenvalue weighted by Crippen LogP contribution is -2.43. The molecule has 1 aliphatic carbocycles. The zero-order valence-corrected chi connectivity index (χ0v) is 14.6. The molecule has 1 heterocycles. The molecule has 1 unspecified atom stereocenters. The van der Waals surface area contributed by atoms with E-state index in [1.54, 1.807) is 6.20 Å². The van der Waals surface area contributed by atoms with Crippen LogP contribution in [0.5, 0.6) is 0 Å². The Labute approximate surface area is 148 Å². The van der Waals surface area contributed by atoms with Gasteiger partial charge >= 0.3 is 6.03 Å². The summed E-state index contributed by atoms with van der Waals surface area (Å²) in [7, 11) is 0. The fraction of sp³-hybridized carbons (Fsp3) is 0.474. The minimum atomic E-state index is -0.558. The highest BCUT2D eigenvalue weighted by Gasteiger charge is 2.33. The number of carbonyl (C=O) groups is 1. The second-order valence-corrected chi connectivity index (χ2v) is 6.91. The van der Waals surface area contributed by atoms with E-state index in [4.69, 9.17) is 0 Å². The van der Waals surface area contributed by atoms with Crippen LogP contribution in [0.2, 0.25) is 0 Å². The Bertz CT molecular complexity index is 694. The quantitative estimate of drug-likeness (QED) is 0.724.